The first-order chi connectivity index (χ1) is 36.4. The van der Waals surface area contributed by atoms with E-state index in [0.717, 1.165) is 64.6 Å². The first kappa shape index (κ1) is 74.0. The molecule has 76 heavy (non-hydrogen) atoms. The highest BCUT2D eigenvalue weighted by Gasteiger charge is 2.17. The highest BCUT2D eigenvalue weighted by molar-refractivity contribution is 5.77. The van der Waals surface area contributed by atoms with Crippen molar-refractivity contribution >= 4 is 22.4 Å². The maximum atomic E-state index is 5.14. The summed E-state index contributed by atoms with van der Waals surface area (Å²) in [5, 5.41) is 11.5. The molecule has 11 nitrogen and oxygen atoms in total. The van der Waals surface area contributed by atoms with E-state index in [-0.39, 0.29) is 0 Å². The second-order valence-electron chi connectivity index (χ2n) is 18.7. The summed E-state index contributed by atoms with van der Waals surface area (Å²) in [4.78, 5) is 14.5. The molecule has 0 aliphatic carbocycles. The normalized spacial score (nSPS) is 11.9. The minimum Gasteiger partial charge on any atom is -0.452 e. The fourth-order valence-corrected chi connectivity index (χ4v) is 6.12. The third kappa shape index (κ3) is 32.3. The predicted molar refractivity (Wildman–Crippen MR) is 333 cm³/mol. The van der Waals surface area contributed by atoms with Crippen molar-refractivity contribution in [3.05, 3.63) is 151 Å². The van der Waals surface area contributed by atoms with Crippen molar-refractivity contribution in [1.29, 1.82) is 0 Å². The number of nitrogens with zero attached hydrogens (tertiary/aromatic N) is 6. The molecule has 4 aliphatic heterocycles. The van der Waals surface area contributed by atoms with Crippen LogP contribution in [-0.4, -0.2) is 49.0 Å². The number of pyridine rings is 3. The third-order valence-corrected chi connectivity index (χ3v) is 8.92. The van der Waals surface area contributed by atoms with Crippen LogP contribution in [0.2, 0.25) is 0 Å². The Morgan fingerprint density at radius 1 is 0.539 bits per heavy atom. The number of aromatic nitrogens is 5. The van der Waals surface area contributed by atoms with Gasteiger partial charge >= 0.3 is 0 Å². The van der Waals surface area contributed by atoms with Gasteiger partial charge in [-0.2, -0.15) is 5.10 Å². The van der Waals surface area contributed by atoms with Crippen molar-refractivity contribution in [2.24, 2.45) is 17.8 Å². The summed E-state index contributed by atoms with van der Waals surface area (Å²) in [7, 11) is 0. The number of para-hydroxylation sites is 1. The molecule has 0 radical (unpaired) electrons. The van der Waals surface area contributed by atoms with Gasteiger partial charge in [0.05, 0.1) is 17.9 Å². The van der Waals surface area contributed by atoms with Crippen LogP contribution in [0.5, 0.6) is 17.4 Å². The number of fused-ring (bicyclic) bond motifs is 5. The molecule has 8 heterocycles. The molecule has 10 rings (SSSR count). The zero-order chi connectivity index (χ0) is 58.6. The average molecular weight is 1050 g/mol. The van der Waals surface area contributed by atoms with E-state index < -0.39 is 0 Å². The second kappa shape index (κ2) is 46.1. The van der Waals surface area contributed by atoms with Crippen molar-refractivity contribution in [1.82, 2.24) is 29.6 Å². The first-order valence-corrected chi connectivity index (χ1v) is 28.3. The lowest BCUT2D eigenvalue weighted by atomic mass is 9.99. The number of rotatable bonds is 2. The monoisotopic (exact) mass is 1050 g/mol. The molecule has 0 saturated heterocycles. The summed E-state index contributed by atoms with van der Waals surface area (Å²) in [5.74, 6) is 5.85. The molecule has 0 saturated carbocycles. The third-order valence-electron chi connectivity index (χ3n) is 8.92. The molecule has 0 amide bonds. The smallest absolute Gasteiger partial charge is 0.260 e. The minimum atomic E-state index is 0.298. The van der Waals surface area contributed by atoms with E-state index in [1.165, 1.54) is 29.8 Å². The van der Waals surface area contributed by atoms with E-state index >= 15 is 0 Å². The standard InChI is InChI=1S/C12H17N.C9H11N3.C9H9N.C7H6N2O.C6H5NO2.3C4H10.5C2H6/c1-10(2)13-8-7-11-5-3-4-6-12(11)9-13;1-7(2)12-9-6-10-4-3-8(9)5-11-12;1-7-6-8-4-2-3-5-9(8)10-7;1-5-9-7-6(10-5)3-2-4-8-7;1-2-5-6(7-3-1)9-4-8-5;3*1-4(2)3;5*1-2/h3-6,10H,7-9H2,1-2H3;3-7H,1-2H3;2-5,10H,1,6H2;2-4H,1H2,(H,8,9);1-3H,4H2;3*4H,1-3H3;5*1-2H3. The molecule has 4 aliphatic rings. The van der Waals surface area contributed by atoms with Crippen LogP contribution in [0.1, 0.15) is 182 Å². The van der Waals surface area contributed by atoms with Crippen LogP contribution >= 0.6 is 0 Å². The van der Waals surface area contributed by atoms with Gasteiger partial charge in [-0.1, -0.05) is 181 Å². The van der Waals surface area contributed by atoms with E-state index in [2.05, 4.69) is 181 Å². The van der Waals surface area contributed by atoms with Gasteiger partial charge in [0.2, 0.25) is 6.79 Å². The Labute approximate surface area is 465 Å². The molecular weight excluding hydrogens is 941 g/mol. The summed E-state index contributed by atoms with van der Waals surface area (Å²) >= 11 is 0. The van der Waals surface area contributed by atoms with Crippen molar-refractivity contribution in [3.63, 3.8) is 0 Å². The average Bonchev–Trinajstić information content (AvgIpc) is 4.25. The molecule has 0 spiro atoms. The quantitative estimate of drug-likeness (QED) is 0.174. The Morgan fingerprint density at radius 2 is 1.07 bits per heavy atom. The van der Waals surface area contributed by atoms with Gasteiger partial charge in [-0.3, -0.25) is 14.6 Å². The number of hydrogen-bond acceptors (Lipinski definition) is 10. The molecule has 0 bridgehead atoms. The summed E-state index contributed by atoms with van der Waals surface area (Å²) in [6, 6.07) is 27.4. The van der Waals surface area contributed by atoms with Crippen molar-refractivity contribution in [3.8, 4) is 17.4 Å². The Morgan fingerprint density at radius 3 is 1.59 bits per heavy atom. The summed E-state index contributed by atoms with van der Waals surface area (Å²) < 4.78 is 17.1. The SMILES string of the molecule is C=C1Cc2ccccc2N1.C=C1Nc2ncccc2O1.CC.CC.CC.CC.CC.CC(C)C.CC(C)C.CC(C)C.CC(C)N1CCc2ccccc2C1.CC(C)n1ncc2ccncc21.c1cnc2c(c1)OCO2. The zero-order valence-electron chi connectivity index (χ0n) is 52.1. The van der Waals surface area contributed by atoms with Crippen LogP contribution in [0.4, 0.5) is 11.5 Å². The van der Waals surface area contributed by atoms with Crippen LogP contribution in [0.3, 0.4) is 0 Å². The molecule has 11 heteroatoms. The Hall–Kier alpha value is -6.20. The Bertz CT molecular complexity index is 2180. The molecule has 0 unspecified atom stereocenters. The molecule has 426 valence electrons. The Balaban J connectivity index is -0.000000803. The van der Waals surface area contributed by atoms with Gasteiger partial charge in [-0.05, 0) is 112 Å². The fourth-order valence-electron chi connectivity index (χ4n) is 6.12. The second-order valence-corrected chi connectivity index (χ2v) is 18.7. The Kier molecular flexibility index (Phi) is 44.9. The minimum absolute atomic E-state index is 0.298. The van der Waals surface area contributed by atoms with Crippen molar-refractivity contribution < 1.29 is 14.2 Å². The highest BCUT2D eigenvalue weighted by Crippen LogP contribution is 2.30. The number of anilines is 2. The molecule has 0 atom stereocenters. The maximum Gasteiger partial charge on any atom is 0.260 e. The van der Waals surface area contributed by atoms with Gasteiger partial charge in [0.15, 0.2) is 23.2 Å². The zero-order valence-corrected chi connectivity index (χ0v) is 52.1. The van der Waals surface area contributed by atoms with Crippen LogP contribution in [0, 0.1) is 17.8 Å². The van der Waals surface area contributed by atoms with Gasteiger partial charge < -0.3 is 24.8 Å². The fraction of sp³-hybridized carbons (Fsp3) is 0.508. The van der Waals surface area contributed by atoms with Crippen molar-refractivity contribution in [2.75, 3.05) is 24.0 Å². The molecular formula is C65H108N8O3. The topological polar surface area (TPSA) is 111 Å². The van der Waals surface area contributed by atoms with Gasteiger partial charge in [-0.15, -0.1) is 0 Å². The predicted octanol–water partition coefficient (Wildman–Crippen LogP) is 18.9. The van der Waals surface area contributed by atoms with Gasteiger partial charge in [0, 0.05) is 67.0 Å². The van der Waals surface area contributed by atoms with Crippen molar-refractivity contribution in [2.45, 2.75) is 191 Å². The summed E-state index contributed by atoms with van der Waals surface area (Å²) in [5.41, 5.74) is 7.83. The van der Waals surface area contributed by atoms with Crippen LogP contribution in [-0.2, 0) is 19.4 Å². The largest absolute Gasteiger partial charge is 0.452 e. The van der Waals surface area contributed by atoms with Crippen LogP contribution in [0.15, 0.2) is 135 Å². The lowest BCUT2D eigenvalue weighted by molar-refractivity contribution is 0.171. The first-order valence-electron chi connectivity index (χ1n) is 28.3. The maximum absolute atomic E-state index is 5.14. The number of hydrogen-bond donors (Lipinski definition) is 2. The lowest BCUT2D eigenvalue weighted by Crippen LogP contribution is -2.35. The van der Waals surface area contributed by atoms with E-state index in [1.54, 1.807) is 24.2 Å². The highest BCUT2D eigenvalue weighted by atomic mass is 16.7. The number of allylic oxidation sites excluding steroid dienone is 1. The van der Waals surface area contributed by atoms with Gasteiger partial charge in [0.1, 0.15) is 0 Å². The molecule has 6 aromatic rings. The summed E-state index contributed by atoms with van der Waals surface area (Å²) in [6.07, 6.45) is 11.1. The number of nitrogens with one attached hydrogen (secondary N) is 2. The molecule has 4 aromatic heterocycles. The van der Waals surface area contributed by atoms with E-state index in [9.17, 15) is 0 Å². The van der Waals surface area contributed by atoms with Crippen LogP contribution < -0.4 is 24.8 Å². The van der Waals surface area contributed by atoms with Gasteiger partial charge in [0.25, 0.3) is 5.88 Å². The molecule has 0 fully saturated rings. The van der Waals surface area contributed by atoms with Gasteiger partial charge in [-0.25, -0.2) is 9.97 Å². The van der Waals surface area contributed by atoms with Crippen LogP contribution in [0.25, 0.3) is 10.9 Å². The molecule has 2 aromatic carbocycles. The number of ether oxygens (including phenoxy) is 3. The lowest BCUT2D eigenvalue weighted by Gasteiger charge is -2.31. The van der Waals surface area contributed by atoms with E-state index in [4.69, 9.17) is 14.2 Å². The number of benzene rings is 2. The van der Waals surface area contributed by atoms with E-state index in [1.807, 2.05) is 123 Å². The van der Waals surface area contributed by atoms with E-state index in [0.29, 0.717) is 30.6 Å². The summed E-state index contributed by atoms with van der Waals surface area (Å²) in [6.45, 7) is 58.4. The molecule has 2 N–H and O–H groups in total.